The van der Waals surface area contributed by atoms with Crippen molar-refractivity contribution >= 4 is 14.1 Å². The highest BCUT2D eigenvalue weighted by molar-refractivity contribution is 6.69. The summed E-state index contributed by atoms with van der Waals surface area (Å²) < 4.78 is 51.2. The van der Waals surface area contributed by atoms with E-state index in [2.05, 4.69) is 57.8 Å². The maximum atomic E-state index is 14.5. The van der Waals surface area contributed by atoms with Gasteiger partial charge in [0.15, 0.2) is 20.2 Å². The van der Waals surface area contributed by atoms with Crippen molar-refractivity contribution in [3.05, 3.63) is 186 Å². The molecule has 0 saturated carbocycles. The van der Waals surface area contributed by atoms with E-state index in [9.17, 15) is 13.2 Å². The molecule has 0 amide bonds. The molecule has 0 radical (unpaired) electrons. The van der Waals surface area contributed by atoms with Gasteiger partial charge in [-0.1, -0.05) is 153 Å². The van der Waals surface area contributed by atoms with Gasteiger partial charge in [-0.05, 0) is 75.9 Å². The van der Waals surface area contributed by atoms with E-state index in [1.807, 2.05) is 114 Å². The fourth-order valence-corrected chi connectivity index (χ4v) is 8.46. The Morgan fingerprint density at radius 2 is 1.23 bits per heavy atom. The van der Waals surface area contributed by atoms with E-state index in [0.29, 0.717) is 18.9 Å². The summed E-state index contributed by atoms with van der Waals surface area (Å²) in [7, 11) is -2.57. The number of aromatic nitrogens is 5. The van der Waals surface area contributed by atoms with E-state index in [0.717, 1.165) is 45.4 Å². The second-order valence-corrected chi connectivity index (χ2v) is 19.4. The van der Waals surface area contributed by atoms with E-state index >= 15 is 0 Å². The average Bonchev–Trinajstić information content (AvgIpc) is 3.71. The van der Waals surface area contributed by atoms with E-state index in [-0.39, 0.29) is 11.4 Å². The molecule has 2 heterocycles. The molecule has 290 valence electrons. The Labute approximate surface area is 333 Å². The Bertz CT molecular complexity index is 2270. The molecule has 1 atom stereocenters. The third kappa shape index (κ3) is 8.31. The van der Waals surface area contributed by atoms with Crippen molar-refractivity contribution < 1.29 is 17.6 Å². The van der Waals surface area contributed by atoms with Crippen LogP contribution < -0.4 is 4.90 Å². The lowest BCUT2D eigenvalue weighted by Gasteiger charge is -2.36. The molecule has 0 aliphatic heterocycles. The van der Waals surface area contributed by atoms with Gasteiger partial charge in [-0.3, -0.25) is 0 Å². The molecule has 11 heteroatoms. The maximum Gasteiger partial charge on any atom is 0.417 e. The number of tetrazole rings is 1. The van der Waals surface area contributed by atoms with Crippen LogP contribution in [0.4, 0.5) is 19.0 Å². The van der Waals surface area contributed by atoms with Crippen molar-refractivity contribution in [1.29, 1.82) is 0 Å². The number of pyridine rings is 1. The van der Waals surface area contributed by atoms with Gasteiger partial charge < -0.3 is 9.33 Å². The molecule has 0 N–H and O–H groups in total. The van der Waals surface area contributed by atoms with Gasteiger partial charge in [0.2, 0.25) is 0 Å². The normalized spacial score (nSPS) is 12.7. The van der Waals surface area contributed by atoms with Crippen LogP contribution in [0.3, 0.4) is 0 Å². The van der Waals surface area contributed by atoms with Gasteiger partial charge in [0, 0.05) is 30.4 Å². The zero-order valence-electron chi connectivity index (χ0n) is 32.4. The third-order valence-electron chi connectivity index (χ3n) is 9.83. The monoisotopic (exact) mass is 782 g/mol. The maximum absolute atomic E-state index is 14.5. The lowest BCUT2D eigenvalue weighted by molar-refractivity contribution is -0.200. The fourth-order valence-electron chi connectivity index (χ4n) is 7.49. The highest BCUT2D eigenvalue weighted by atomic mass is 28.4. The number of rotatable bonds is 14. The van der Waals surface area contributed by atoms with Crippen molar-refractivity contribution in [2.75, 3.05) is 11.4 Å². The third-order valence-corrected chi connectivity index (χ3v) is 10.8. The summed E-state index contributed by atoms with van der Waals surface area (Å²) in [6.45, 7) is 8.17. The lowest BCUT2D eigenvalue weighted by Crippen LogP contribution is -2.39. The largest absolute Gasteiger partial charge is 0.417 e. The predicted molar refractivity (Wildman–Crippen MR) is 222 cm³/mol. The summed E-state index contributed by atoms with van der Waals surface area (Å²) in [5.41, 5.74) is 5.74. The summed E-state index contributed by atoms with van der Waals surface area (Å²) in [5.74, 6) is 0.864. The minimum atomic E-state index is -4.59. The summed E-state index contributed by atoms with van der Waals surface area (Å²) >= 11 is 0. The Morgan fingerprint density at radius 1 is 0.684 bits per heavy atom. The molecule has 7 aromatic rings. The molecule has 0 aliphatic rings. The Kier molecular flexibility index (Phi) is 11.5. The summed E-state index contributed by atoms with van der Waals surface area (Å²) in [6, 6.07) is 50.0. The number of benzene rings is 5. The van der Waals surface area contributed by atoms with Gasteiger partial charge in [-0.2, -0.15) is 13.2 Å². The standard InChI is InChI=1S/C46H45F3N6OSi/c1-5-32-54(43-41(26-17-31-50-43)42(46(47,48)49)56-57(2,3)4)33-34-27-29-35(30-28-34)39-24-15-16-25-40(39)44-51-52-53-55(44)45(36-18-9-6-10-19-36,37-20-11-7-12-21-37)38-22-13-8-14-23-38/h6-31,42H,5,32-33H2,1-4H3. The fraction of sp³-hybridized carbons (Fsp3) is 0.217. The zero-order chi connectivity index (χ0) is 40.0. The minimum absolute atomic E-state index is 0.0294. The lowest BCUT2D eigenvalue weighted by atomic mass is 9.77. The van der Waals surface area contributed by atoms with E-state index in [4.69, 9.17) is 9.64 Å². The zero-order valence-corrected chi connectivity index (χ0v) is 33.4. The molecule has 0 bridgehead atoms. The summed E-state index contributed by atoms with van der Waals surface area (Å²) in [5, 5.41) is 13.7. The Balaban J connectivity index is 1.28. The molecule has 5 aromatic carbocycles. The highest BCUT2D eigenvalue weighted by Gasteiger charge is 2.46. The van der Waals surface area contributed by atoms with Crippen molar-refractivity contribution in [3.63, 3.8) is 0 Å². The predicted octanol–water partition coefficient (Wildman–Crippen LogP) is 11.1. The van der Waals surface area contributed by atoms with Crippen LogP contribution in [-0.2, 0) is 16.5 Å². The first-order valence-corrected chi connectivity index (χ1v) is 22.5. The number of hydrogen-bond acceptors (Lipinski definition) is 6. The molecular weight excluding hydrogens is 738 g/mol. The Morgan fingerprint density at radius 3 is 1.75 bits per heavy atom. The van der Waals surface area contributed by atoms with E-state index in [1.54, 1.807) is 31.9 Å². The number of nitrogens with zero attached hydrogens (tertiary/aromatic N) is 6. The van der Waals surface area contributed by atoms with Gasteiger partial charge in [0.25, 0.3) is 0 Å². The first kappa shape index (κ1) is 39.3. The van der Waals surface area contributed by atoms with Gasteiger partial charge in [-0.15, -0.1) is 5.10 Å². The number of alkyl halides is 3. The summed E-state index contributed by atoms with van der Waals surface area (Å²) in [6.07, 6.45) is -4.39. The topological polar surface area (TPSA) is 69.0 Å². The molecule has 0 spiro atoms. The van der Waals surface area contributed by atoms with Gasteiger partial charge in [0.05, 0.1) is 0 Å². The molecule has 1 unspecified atom stereocenters. The number of hydrogen-bond donors (Lipinski definition) is 0. The summed E-state index contributed by atoms with van der Waals surface area (Å²) in [4.78, 5) is 6.41. The molecule has 57 heavy (non-hydrogen) atoms. The molecule has 0 aliphatic carbocycles. The number of anilines is 1. The SMILES string of the molecule is CCCN(Cc1ccc(-c2ccccc2-c2nnnn2C(c2ccccc2)(c2ccccc2)c2ccccc2)cc1)c1ncccc1C(O[Si](C)(C)C)C(F)(F)F. The second kappa shape index (κ2) is 16.7. The first-order valence-electron chi connectivity index (χ1n) is 19.1. The molecule has 0 saturated heterocycles. The minimum Gasteiger partial charge on any atom is -0.403 e. The second-order valence-electron chi connectivity index (χ2n) is 15.0. The van der Waals surface area contributed by atoms with Crippen LogP contribution in [0.25, 0.3) is 22.5 Å². The molecule has 0 fully saturated rings. The van der Waals surface area contributed by atoms with Crippen molar-refractivity contribution in [2.45, 2.75) is 57.3 Å². The smallest absolute Gasteiger partial charge is 0.403 e. The average molecular weight is 783 g/mol. The Hall–Kier alpha value is -5.91. The van der Waals surface area contributed by atoms with Gasteiger partial charge in [-0.25, -0.2) is 9.67 Å². The van der Waals surface area contributed by atoms with Crippen LogP contribution in [0, 0.1) is 0 Å². The van der Waals surface area contributed by atoms with E-state index < -0.39 is 26.1 Å². The van der Waals surface area contributed by atoms with Crippen LogP contribution in [0.2, 0.25) is 19.6 Å². The van der Waals surface area contributed by atoms with Gasteiger partial charge in [0.1, 0.15) is 11.4 Å². The molecule has 2 aromatic heterocycles. The van der Waals surface area contributed by atoms with E-state index in [1.165, 1.54) is 6.07 Å². The van der Waals surface area contributed by atoms with Crippen LogP contribution in [0.1, 0.15) is 47.3 Å². The molecular formula is C46H45F3N6OSi. The van der Waals surface area contributed by atoms with Gasteiger partial charge >= 0.3 is 6.18 Å². The van der Waals surface area contributed by atoms with Crippen molar-refractivity contribution in [2.24, 2.45) is 0 Å². The van der Waals surface area contributed by atoms with Crippen LogP contribution in [0.15, 0.2) is 158 Å². The number of halogens is 3. The molecule has 7 rings (SSSR count). The van der Waals surface area contributed by atoms with Crippen molar-refractivity contribution in [1.82, 2.24) is 25.2 Å². The quantitative estimate of drug-likeness (QED) is 0.0808. The molecule has 7 nitrogen and oxygen atoms in total. The van der Waals surface area contributed by atoms with Crippen molar-refractivity contribution in [3.8, 4) is 22.5 Å². The van der Waals surface area contributed by atoms with Crippen LogP contribution in [-0.4, -0.2) is 46.2 Å². The highest BCUT2D eigenvalue weighted by Crippen LogP contribution is 2.44. The van der Waals surface area contributed by atoms with Crippen LogP contribution >= 0.6 is 0 Å². The first-order chi connectivity index (χ1) is 27.5. The van der Waals surface area contributed by atoms with Crippen LogP contribution in [0.5, 0.6) is 0 Å².